The van der Waals surface area contributed by atoms with Crippen LogP contribution in [-0.2, 0) is 9.53 Å². The molecule has 3 N–H and O–H groups in total. The summed E-state index contributed by atoms with van der Waals surface area (Å²) in [6, 6.07) is -0.373. The molecule has 0 aromatic carbocycles. The normalized spacial score (nSPS) is 46.6. The lowest BCUT2D eigenvalue weighted by molar-refractivity contribution is -0.143. The second-order valence-electron chi connectivity index (χ2n) is 2.89. The van der Waals surface area contributed by atoms with E-state index in [2.05, 4.69) is 0 Å². The maximum absolute atomic E-state index is 10.6. The molecule has 4 heteroatoms. The predicted molar refractivity (Wildman–Crippen MR) is 36.9 cm³/mol. The third kappa shape index (κ3) is 0.797. The molecule has 60 valence electrons. The number of rotatable bonds is 1. The summed E-state index contributed by atoms with van der Waals surface area (Å²) in [6.45, 7) is 0. The highest BCUT2D eigenvalue weighted by Gasteiger charge is 2.47. The largest absolute Gasteiger partial charge is 0.481 e. The van der Waals surface area contributed by atoms with Crippen LogP contribution in [0.3, 0.4) is 0 Å². The number of carboxylic acid groups (broad SMARTS) is 1. The second kappa shape index (κ2) is 2.06. The molecule has 2 aliphatic heterocycles. The lowest BCUT2D eigenvalue weighted by Crippen LogP contribution is -2.41. The minimum Gasteiger partial charge on any atom is -0.481 e. The van der Waals surface area contributed by atoms with Gasteiger partial charge in [0, 0.05) is 0 Å². The van der Waals surface area contributed by atoms with Crippen LogP contribution in [0, 0.1) is 5.92 Å². The summed E-state index contributed by atoms with van der Waals surface area (Å²) in [6.07, 6.45) is 3.12. The molecule has 2 aliphatic rings. The van der Waals surface area contributed by atoms with Gasteiger partial charge < -0.3 is 15.6 Å². The third-order valence-corrected chi connectivity index (χ3v) is 2.24. The zero-order valence-electron chi connectivity index (χ0n) is 5.81. The smallest absolute Gasteiger partial charge is 0.311 e. The number of nitrogens with two attached hydrogens (primary N) is 1. The van der Waals surface area contributed by atoms with E-state index in [-0.39, 0.29) is 18.2 Å². The van der Waals surface area contributed by atoms with Crippen LogP contribution in [0.4, 0.5) is 0 Å². The summed E-state index contributed by atoms with van der Waals surface area (Å²) in [5, 5.41) is 8.71. The maximum atomic E-state index is 10.6. The molecule has 11 heavy (non-hydrogen) atoms. The van der Waals surface area contributed by atoms with E-state index in [4.69, 9.17) is 15.6 Å². The Kier molecular flexibility index (Phi) is 1.27. The Morgan fingerprint density at radius 2 is 2.09 bits per heavy atom. The Hall–Kier alpha value is -0.870. The Bertz CT molecular complexity index is 226. The average molecular weight is 155 g/mol. The van der Waals surface area contributed by atoms with Gasteiger partial charge >= 0.3 is 5.97 Å². The van der Waals surface area contributed by atoms with E-state index in [1.165, 1.54) is 0 Å². The summed E-state index contributed by atoms with van der Waals surface area (Å²) in [5.41, 5.74) is 5.61. The molecule has 2 bridgehead atoms. The van der Waals surface area contributed by atoms with Crippen LogP contribution in [0.2, 0.25) is 0 Å². The van der Waals surface area contributed by atoms with Crippen LogP contribution in [0.15, 0.2) is 12.2 Å². The van der Waals surface area contributed by atoms with Gasteiger partial charge in [0.15, 0.2) is 0 Å². The zero-order valence-corrected chi connectivity index (χ0v) is 5.81. The molecule has 4 nitrogen and oxygen atoms in total. The molecule has 0 radical (unpaired) electrons. The predicted octanol–water partition coefficient (Wildman–Crippen LogP) is -0.648. The van der Waals surface area contributed by atoms with Crippen LogP contribution in [0.25, 0.3) is 0 Å². The quantitative estimate of drug-likeness (QED) is 0.493. The third-order valence-electron chi connectivity index (χ3n) is 2.24. The fourth-order valence-electron chi connectivity index (χ4n) is 1.64. The van der Waals surface area contributed by atoms with E-state index in [9.17, 15) is 4.79 Å². The summed E-state index contributed by atoms with van der Waals surface area (Å²) in [4.78, 5) is 10.6. The van der Waals surface area contributed by atoms with Crippen LogP contribution < -0.4 is 5.73 Å². The van der Waals surface area contributed by atoms with Crippen molar-refractivity contribution in [2.24, 2.45) is 11.7 Å². The lowest BCUT2D eigenvalue weighted by atomic mass is 9.90. The first-order valence-corrected chi connectivity index (χ1v) is 3.52. The molecule has 0 aromatic rings. The van der Waals surface area contributed by atoms with E-state index in [0.29, 0.717) is 0 Å². The van der Waals surface area contributed by atoms with Gasteiger partial charge in [-0.05, 0) is 0 Å². The number of hydrogen-bond acceptors (Lipinski definition) is 3. The first-order chi connectivity index (χ1) is 5.20. The lowest BCUT2D eigenvalue weighted by Gasteiger charge is -2.16. The standard InChI is InChI=1S/C7H9NO3/c8-6-4-2-1-3(11-4)5(6)7(9)10/h1-6H,8H2,(H,9,10)/t3-,4+,5+,6+/m1/s1. The van der Waals surface area contributed by atoms with E-state index < -0.39 is 11.9 Å². The van der Waals surface area contributed by atoms with Crippen molar-refractivity contribution in [1.82, 2.24) is 0 Å². The van der Waals surface area contributed by atoms with Crippen molar-refractivity contribution in [3.8, 4) is 0 Å². The van der Waals surface area contributed by atoms with E-state index in [1.54, 1.807) is 6.08 Å². The maximum Gasteiger partial charge on any atom is 0.311 e. The van der Waals surface area contributed by atoms with Crippen molar-refractivity contribution >= 4 is 5.97 Å². The summed E-state index contributed by atoms with van der Waals surface area (Å²) < 4.78 is 5.24. The van der Waals surface area contributed by atoms with Gasteiger partial charge in [-0.15, -0.1) is 0 Å². The molecule has 0 amide bonds. The van der Waals surface area contributed by atoms with Crippen LogP contribution in [0.1, 0.15) is 0 Å². The van der Waals surface area contributed by atoms with Crippen molar-refractivity contribution in [1.29, 1.82) is 0 Å². The van der Waals surface area contributed by atoms with Crippen LogP contribution in [-0.4, -0.2) is 29.3 Å². The Balaban J connectivity index is 2.25. The fourth-order valence-corrected chi connectivity index (χ4v) is 1.64. The molecular formula is C7H9NO3. The number of hydrogen-bond donors (Lipinski definition) is 2. The van der Waals surface area contributed by atoms with Crippen molar-refractivity contribution < 1.29 is 14.6 Å². The number of aliphatic carboxylic acids is 1. The molecule has 1 fully saturated rings. The van der Waals surface area contributed by atoms with Crippen LogP contribution in [0.5, 0.6) is 0 Å². The highest BCUT2D eigenvalue weighted by Crippen LogP contribution is 2.32. The van der Waals surface area contributed by atoms with E-state index in [1.807, 2.05) is 6.08 Å². The molecule has 0 saturated carbocycles. The van der Waals surface area contributed by atoms with Gasteiger partial charge in [-0.2, -0.15) is 0 Å². The Morgan fingerprint density at radius 3 is 2.45 bits per heavy atom. The van der Waals surface area contributed by atoms with Gasteiger partial charge in [-0.3, -0.25) is 4.79 Å². The van der Waals surface area contributed by atoms with Crippen molar-refractivity contribution in [3.05, 3.63) is 12.2 Å². The highest BCUT2D eigenvalue weighted by atomic mass is 16.5. The van der Waals surface area contributed by atoms with Gasteiger partial charge in [0.25, 0.3) is 0 Å². The van der Waals surface area contributed by atoms with Crippen molar-refractivity contribution in [3.63, 3.8) is 0 Å². The first-order valence-electron chi connectivity index (χ1n) is 3.52. The summed E-state index contributed by atoms with van der Waals surface area (Å²) >= 11 is 0. The number of carbonyl (C=O) groups is 1. The van der Waals surface area contributed by atoms with Gasteiger partial charge in [0.1, 0.15) is 5.92 Å². The summed E-state index contributed by atoms with van der Waals surface area (Å²) in [5.74, 6) is -1.42. The van der Waals surface area contributed by atoms with Gasteiger partial charge in [-0.25, -0.2) is 0 Å². The number of carboxylic acids is 1. The van der Waals surface area contributed by atoms with E-state index in [0.717, 1.165) is 0 Å². The molecule has 1 saturated heterocycles. The molecule has 0 aromatic heterocycles. The Labute approximate surface area is 63.6 Å². The topological polar surface area (TPSA) is 72.6 Å². The van der Waals surface area contributed by atoms with Crippen molar-refractivity contribution in [2.45, 2.75) is 18.2 Å². The van der Waals surface area contributed by atoms with Crippen LogP contribution >= 0.6 is 0 Å². The van der Waals surface area contributed by atoms with Crippen molar-refractivity contribution in [2.75, 3.05) is 0 Å². The van der Waals surface area contributed by atoms with E-state index >= 15 is 0 Å². The number of fused-ring (bicyclic) bond motifs is 2. The first kappa shape index (κ1) is 6.82. The molecule has 0 spiro atoms. The second-order valence-corrected chi connectivity index (χ2v) is 2.89. The molecule has 2 heterocycles. The monoisotopic (exact) mass is 155 g/mol. The van der Waals surface area contributed by atoms with Gasteiger partial charge in [0.05, 0.1) is 18.2 Å². The Morgan fingerprint density at radius 1 is 1.45 bits per heavy atom. The fraction of sp³-hybridized carbons (Fsp3) is 0.571. The SMILES string of the molecule is N[C@@H]1[C@@H](C(=O)O)[C@H]2C=C[C@@H]1O2. The molecular weight excluding hydrogens is 146 g/mol. The molecule has 4 atom stereocenters. The van der Waals surface area contributed by atoms with Gasteiger partial charge in [-0.1, -0.05) is 12.2 Å². The molecule has 0 unspecified atom stereocenters. The minimum absolute atomic E-state index is 0.180. The average Bonchev–Trinajstić information content (AvgIpc) is 2.44. The molecule has 2 rings (SSSR count). The minimum atomic E-state index is -0.866. The summed E-state index contributed by atoms with van der Waals surface area (Å²) in [7, 11) is 0. The van der Waals surface area contributed by atoms with Gasteiger partial charge in [0.2, 0.25) is 0 Å². The molecule has 0 aliphatic carbocycles. The number of ether oxygens (including phenoxy) is 1. The highest BCUT2D eigenvalue weighted by molar-refractivity contribution is 5.73. The zero-order chi connectivity index (χ0) is 8.01.